The van der Waals surface area contributed by atoms with Gasteiger partial charge in [0.15, 0.2) is 0 Å². The zero-order valence-electron chi connectivity index (χ0n) is 11.0. The van der Waals surface area contributed by atoms with Gasteiger partial charge in [0.1, 0.15) is 0 Å². The Morgan fingerprint density at radius 1 is 1.19 bits per heavy atom. The van der Waals surface area contributed by atoms with Crippen LogP contribution in [0.2, 0.25) is 0 Å². The van der Waals surface area contributed by atoms with Crippen molar-refractivity contribution in [2.45, 2.75) is 64.5 Å². The minimum atomic E-state index is 0.745. The fraction of sp³-hybridized carbons (Fsp3) is 1.00. The predicted octanol–water partition coefficient (Wildman–Crippen LogP) is 2.64. The van der Waals surface area contributed by atoms with Crippen molar-refractivity contribution in [2.75, 3.05) is 19.6 Å². The van der Waals surface area contributed by atoms with Gasteiger partial charge in [0.05, 0.1) is 0 Å². The Hall–Kier alpha value is -0.0800. The lowest BCUT2D eigenvalue weighted by Crippen LogP contribution is -2.40. The molecular weight excluding hydrogens is 196 g/mol. The van der Waals surface area contributed by atoms with Gasteiger partial charge >= 0.3 is 0 Å². The first kappa shape index (κ1) is 12.4. The van der Waals surface area contributed by atoms with Crippen LogP contribution in [0.3, 0.4) is 0 Å². The van der Waals surface area contributed by atoms with Crippen molar-refractivity contribution in [3.05, 3.63) is 0 Å². The van der Waals surface area contributed by atoms with Gasteiger partial charge in [-0.1, -0.05) is 26.2 Å². The largest absolute Gasteiger partial charge is 0.313 e. The maximum atomic E-state index is 3.70. The van der Waals surface area contributed by atoms with Crippen LogP contribution in [0.5, 0.6) is 0 Å². The molecule has 2 heteroatoms. The zero-order chi connectivity index (χ0) is 11.4. The number of hydrogen-bond donors (Lipinski definition) is 1. The third kappa shape index (κ3) is 3.74. The third-order valence-corrected chi connectivity index (χ3v) is 4.23. The van der Waals surface area contributed by atoms with E-state index in [9.17, 15) is 0 Å². The SMILES string of the molecule is CCCC1CN(CCC2CC2)C(C)CCN1. The van der Waals surface area contributed by atoms with Crippen LogP contribution in [0.15, 0.2) is 0 Å². The highest BCUT2D eigenvalue weighted by atomic mass is 15.2. The van der Waals surface area contributed by atoms with Crippen LogP contribution in [-0.2, 0) is 0 Å². The first-order valence-corrected chi connectivity index (χ1v) is 7.27. The number of nitrogens with one attached hydrogen (secondary N) is 1. The molecule has 1 N–H and O–H groups in total. The molecule has 2 aliphatic rings. The molecule has 1 aliphatic heterocycles. The van der Waals surface area contributed by atoms with E-state index in [-0.39, 0.29) is 0 Å². The van der Waals surface area contributed by atoms with Gasteiger partial charge in [-0.25, -0.2) is 0 Å². The standard InChI is InChI=1S/C14H28N2/c1-3-4-14-11-16(10-8-13-5-6-13)12(2)7-9-15-14/h12-15H,3-11H2,1-2H3. The second-order valence-corrected chi connectivity index (χ2v) is 5.80. The minimum absolute atomic E-state index is 0.745. The summed E-state index contributed by atoms with van der Waals surface area (Å²) in [6.07, 6.45) is 8.42. The molecule has 2 rings (SSSR count). The van der Waals surface area contributed by atoms with Gasteiger partial charge in [-0.05, 0) is 45.2 Å². The summed E-state index contributed by atoms with van der Waals surface area (Å²) in [6.45, 7) is 8.54. The Morgan fingerprint density at radius 3 is 2.69 bits per heavy atom. The van der Waals surface area contributed by atoms with Crippen molar-refractivity contribution in [2.24, 2.45) is 5.92 Å². The lowest BCUT2D eigenvalue weighted by Gasteiger charge is -2.29. The third-order valence-electron chi connectivity index (χ3n) is 4.23. The lowest BCUT2D eigenvalue weighted by atomic mass is 10.1. The van der Waals surface area contributed by atoms with Gasteiger partial charge < -0.3 is 5.32 Å². The molecule has 0 radical (unpaired) electrons. The first-order valence-electron chi connectivity index (χ1n) is 7.27. The van der Waals surface area contributed by atoms with Gasteiger partial charge in [-0.2, -0.15) is 0 Å². The molecule has 2 atom stereocenters. The summed E-state index contributed by atoms with van der Waals surface area (Å²) in [4.78, 5) is 2.73. The second kappa shape index (κ2) is 6.02. The molecule has 0 amide bonds. The highest BCUT2D eigenvalue weighted by Crippen LogP contribution is 2.32. The molecule has 1 saturated carbocycles. The van der Waals surface area contributed by atoms with E-state index in [1.54, 1.807) is 0 Å². The summed E-state index contributed by atoms with van der Waals surface area (Å²) >= 11 is 0. The fourth-order valence-electron chi connectivity index (χ4n) is 2.81. The van der Waals surface area contributed by atoms with Crippen LogP contribution in [0, 0.1) is 5.92 Å². The normalized spacial score (nSPS) is 32.6. The van der Waals surface area contributed by atoms with Crippen molar-refractivity contribution in [1.29, 1.82) is 0 Å². The first-order chi connectivity index (χ1) is 7.79. The van der Waals surface area contributed by atoms with Crippen LogP contribution in [0.1, 0.15) is 52.4 Å². The topological polar surface area (TPSA) is 15.3 Å². The Balaban J connectivity index is 1.79. The molecule has 0 aromatic rings. The Morgan fingerprint density at radius 2 is 2.00 bits per heavy atom. The smallest absolute Gasteiger partial charge is 0.0195 e. The molecular formula is C14H28N2. The average molecular weight is 224 g/mol. The molecule has 2 unspecified atom stereocenters. The molecule has 16 heavy (non-hydrogen) atoms. The number of hydrogen-bond acceptors (Lipinski definition) is 2. The molecule has 0 bridgehead atoms. The van der Waals surface area contributed by atoms with E-state index >= 15 is 0 Å². The van der Waals surface area contributed by atoms with Crippen LogP contribution >= 0.6 is 0 Å². The molecule has 1 saturated heterocycles. The van der Waals surface area contributed by atoms with Gasteiger partial charge in [0.2, 0.25) is 0 Å². The van der Waals surface area contributed by atoms with E-state index in [4.69, 9.17) is 0 Å². The maximum absolute atomic E-state index is 3.70. The monoisotopic (exact) mass is 224 g/mol. The zero-order valence-corrected chi connectivity index (χ0v) is 11.0. The summed E-state index contributed by atoms with van der Waals surface area (Å²) in [5.74, 6) is 1.08. The molecule has 2 nitrogen and oxygen atoms in total. The summed E-state index contributed by atoms with van der Waals surface area (Å²) < 4.78 is 0. The van der Waals surface area contributed by atoms with Crippen molar-refractivity contribution < 1.29 is 0 Å². The molecule has 94 valence electrons. The summed E-state index contributed by atoms with van der Waals surface area (Å²) in [5.41, 5.74) is 0. The van der Waals surface area contributed by atoms with Gasteiger partial charge in [-0.15, -0.1) is 0 Å². The summed E-state index contributed by atoms with van der Waals surface area (Å²) in [6, 6.07) is 1.53. The predicted molar refractivity (Wildman–Crippen MR) is 69.7 cm³/mol. The lowest BCUT2D eigenvalue weighted by molar-refractivity contribution is 0.196. The number of rotatable bonds is 5. The summed E-state index contributed by atoms with van der Waals surface area (Å²) in [7, 11) is 0. The van der Waals surface area contributed by atoms with E-state index < -0.39 is 0 Å². The molecule has 1 aliphatic carbocycles. The molecule has 0 spiro atoms. The van der Waals surface area contributed by atoms with Crippen molar-refractivity contribution in [3.63, 3.8) is 0 Å². The van der Waals surface area contributed by atoms with E-state index in [2.05, 4.69) is 24.1 Å². The Kier molecular flexibility index (Phi) is 4.66. The van der Waals surface area contributed by atoms with Crippen LogP contribution in [0.4, 0.5) is 0 Å². The van der Waals surface area contributed by atoms with Crippen molar-refractivity contribution in [1.82, 2.24) is 10.2 Å². The van der Waals surface area contributed by atoms with Crippen LogP contribution in [-0.4, -0.2) is 36.6 Å². The number of nitrogens with zero attached hydrogens (tertiary/aromatic N) is 1. The van der Waals surface area contributed by atoms with Crippen molar-refractivity contribution in [3.8, 4) is 0 Å². The fourth-order valence-corrected chi connectivity index (χ4v) is 2.81. The summed E-state index contributed by atoms with van der Waals surface area (Å²) in [5, 5.41) is 3.70. The molecule has 1 heterocycles. The minimum Gasteiger partial charge on any atom is -0.313 e. The van der Waals surface area contributed by atoms with E-state index in [0.717, 1.165) is 18.0 Å². The van der Waals surface area contributed by atoms with Gasteiger partial charge in [0.25, 0.3) is 0 Å². The average Bonchev–Trinajstić information content (AvgIpc) is 3.06. The van der Waals surface area contributed by atoms with Gasteiger partial charge in [0, 0.05) is 18.6 Å². The van der Waals surface area contributed by atoms with Crippen LogP contribution < -0.4 is 5.32 Å². The Bertz CT molecular complexity index is 201. The highest BCUT2D eigenvalue weighted by molar-refractivity contribution is 4.82. The quantitative estimate of drug-likeness (QED) is 0.772. The van der Waals surface area contributed by atoms with Crippen LogP contribution in [0.25, 0.3) is 0 Å². The second-order valence-electron chi connectivity index (χ2n) is 5.80. The Labute approximate surface area is 101 Å². The van der Waals surface area contributed by atoms with Gasteiger partial charge in [-0.3, -0.25) is 4.90 Å². The van der Waals surface area contributed by atoms with E-state index in [1.807, 2.05) is 0 Å². The van der Waals surface area contributed by atoms with Crippen molar-refractivity contribution >= 4 is 0 Å². The highest BCUT2D eigenvalue weighted by Gasteiger charge is 2.26. The molecule has 0 aromatic carbocycles. The maximum Gasteiger partial charge on any atom is 0.0195 e. The molecule has 0 aromatic heterocycles. The van der Waals surface area contributed by atoms with E-state index in [1.165, 1.54) is 58.2 Å². The van der Waals surface area contributed by atoms with E-state index in [0.29, 0.717) is 0 Å². The molecule has 2 fully saturated rings.